The average Bonchev–Trinajstić information content (AvgIpc) is 2.50. The van der Waals surface area contributed by atoms with Gasteiger partial charge in [-0.05, 0) is 31.0 Å². The Morgan fingerprint density at radius 2 is 2.24 bits per heavy atom. The van der Waals surface area contributed by atoms with Gasteiger partial charge in [0.25, 0.3) is 0 Å². The summed E-state index contributed by atoms with van der Waals surface area (Å²) in [5, 5.41) is 6.29. The second kappa shape index (κ2) is 10.7. The Hall–Kier alpha value is -1.04. The predicted molar refractivity (Wildman–Crippen MR) is 88.6 cm³/mol. The van der Waals surface area contributed by atoms with E-state index in [4.69, 9.17) is 4.74 Å². The molecule has 0 saturated carbocycles. The fourth-order valence-corrected chi connectivity index (χ4v) is 2.51. The van der Waals surface area contributed by atoms with Crippen LogP contribution in [-0.4, -0.2) is 38.0 Å². The van der Waals surface area contributed by atoms with Gasteiger partial charge in [0.15, 0.2) is 0 Å². The van der Waals surface area contributed by atoms with Gasteiger partial charge >= 0.3 is 0 Å². The summed E-state index contributed by atoms with van der Waals surface area (Å²) < 4.78 is 5.00. The van der Waals surface area contributed by atoms with Crippen LogP contribution in [-0.2, 0) is 16.1 Å². The SMILES string of the molecule is CCC(C)NC(=O)CSc1cccc(CNCCOC)c1. The summed E-state index contributed by atoms with van der Waals surface area (Å²) in [6.45, 7) is 6.46. The second-order valence-electron chi connectivity index (χ2n) is 4.98. The molecular formula is C16H26N2O2S. The molecule has 21 heavy (non-hydrogen) atoms. The quantitative estimate of drug-likeness (QED) is 0.515. The Morgan fingerprint density at radius 3 is 2.95 bits per heavy atom. The molecule has 4 nitrogen and oxygen atoms in total. The standard InChI is InChI=1S/C16H26N2O2S/c1-4-13(2)18-16(19)12-21-15-7-5-6-14(10-15)11-17-8-9-20-3/h5-7,10,13,17H,4,8-9,11-12H2,1-3H3,(H,18,19). The van der Waals surface area contributed by atoms with E-state index in [1.807, 2.05) is 19.1 Å². The van der Waals surface area contributed by atoms with Crippen LogP contribution in [0.25, 0.3) is 0 Å². The smallest absolute Gasteiger partial charge is 0.230 e. The molecule has 0 fully saturated rings. The first-order valence-corrected chi connectivity index (χ1v) is 8.35. The van der Waals surface area contributed by atoms with E-state index in [1.54, 1.807) is 18.9 Å². The Bertz CT molecular complexity index is 426. The van der Waals surface area contributed by atoms with Gasteiger partial charge in [-0.25, -0.2) is 0 Å². The predicted octanol–water partition coefficient (Wildman–Crippen LogP) is 2.43. The van der Waals surface area contributed by atoms with Crippen molar-refractivity contribution in [1.29, 1.82) is 0 Å². The third-order valence-electron chi connectivity index (χ3n) is 3.10. The fraction of sp³-hybridized carbons (Fsp3) is 0.562. The number of carbonyl (C=O) groups is 1. The summed E-state index contributed by atoms with van der Waals surface area (Å²) in [7, 11) is 1.70. The van der Waals surface area contributed by atoms with E-state index in [-0.39, 0.29) is 11.9 Å². The zero-order chi connectivity index (χ0) is 15.5. The number of rotatable bonds is 10. The molecule has 2 N–H and O–H groups in total. The van der Waals surface area contributed by atoms with Gasteiger partial charge in [0, 0.05) is 31.1 Å². The van der Waals surface area contributed by atoms with Gasteiger partial charge < -0.3 is 15.4 Å². The van der Waals surface area contributed by atoms with Crippen molar-refractivity contribution in [3.8, 4) is 0 Å². The van der Waals surface area contributed by atoms with Gasteiger partial charge in [-0.3, -0.25) is 4.79 Å². The summed E-state index contributed by atoms with van der Waals surface area (Å²) >= 11 is 1.57. The molecule has 0 spiro atoms. The highest BCUT2D eigenvalue weighted by Crippen LogP contribution is 2.19. The highest BCUT2D eigenvalue weighted by Gasteiger charge is 2.06. The first kappa shape index (κ1) is 18.0. The number of benzene rings is 1. The molecule has 0 aliphatic carbocycles. The van der Waals surface area contributed by atoms with Gasteiger partial charge in [0.1, 0.15) is 0 Å². The maximum atomic E-state index is 11.8. The Morgan fingerprint density at radius 1 is 1.43 bits per heavy atom. The van der Waals surface area contributed by atoms with E-state index < -0.39 is 0 Å². The first-order valence-electron chi connectivity index (χ1n) is 7.36. The number of thioether (sulfide) groups is 1. The van der Waals surface area contributed by atoms with Crippen LogP contribution >= 0.6 is 11.8 Å². The van der Waals surface area contributed by atoms with E-state index in [9.17, 15) is 4.79 Å². The third-order valence-corrected chi connectivity index (χ3v) is 4.09. The van der Waals surface area contributed by atoms with Gasteiger partial charge in [0.2, 0.25) is 5.91 Å². The highest BCUT2D eigenvalue weighted by atomic mass is 32.2. The lowest BCUT2D eigenvalue weighted by molar-refractivity contribution is -0.119. The van der Waals surface area contributed by atoms with Crippen LogP contribution in [0.5, 0.6) is 0 Å². The molecule has 1 rings (SSSR count). The monoisotopic (exact) mass is 310 g/mol. The van der Waals surface area contributed by atoms with Crippen LogP contribution in [0.2, 0.25) is 0 Å². The molecule has 5 heteroatoms. The van der Waals surface area contributed by atoms with E-state index >= 15 is 0 Å². The average molecular weight is 310 g/mol. The molecular weight excluding hydrogens is 284 g/mol. The lowest BCUT2D eigenvalue weighted by atomic mass is 10.2. The molecule has 118 valence electrons. The van der Waals surface area contributed by atoms with Gasteiger partial charge in [-0.1, -0.05) is 19.1 Å². The van der Waals surface area contributed by atoms with E-state index in [1.165, 1.54) is 5.56 Å². The van der Waals surface area contributed by atoms with Crippen LogP contribution < -0.4 is 10.6 Å². The molecule has 1 aromatic carbocycles. The van der Waals surface area contributed by atoms with Crippen molar-refractivity contribution < 1.29 is 9.53 Å². The maximum absolute atomic E-state index is 11.8. The molecule has 0 aromatic heterocycles. The van der Waals surface area contributed by atoms with Crippen molar-refractivity contribution >= 4 is 17.7 Å². The summed E-state index contributed by atoms with van der Waals surface area (Å²) in [6.07, 6.45) is 0.957. The highest BCUT2D eigenvalue weighted by molar-refractivity contribution is 8.00. The number of nitrogens with one attached hydrogen (secondary N) is 2. The number of carbonyl (C=O) groups excluding carboxylic acids is 1. The molecule has 0 heterocycles. The normalized spacial score (nSPS) is 12.1. The number of ether oxygens (including phenoxy) is 1. The number of hydrogen-bond acceptors (Lipinski definition) is 4. The Balaban J connectivity index is 2.36. The largest absolute Gasteiger partial charge is 0.383 e. The van der Waals surface area contributed by atoms with Crippen molar-refractivity contribution in [3.05, 3.63) is 29.8 Å². The van der Waals surface area contributed by atoms with Crippen molar-refractivity contribution in [3.63, 3.8) is 0 Å². The molecule has 1 atom stereocenters. The van der Waals surface area contributed by atoms with E-state index in [0.29, 0.717) is 12.4 Å². The molecule has 1 amide bonds. The number of amides is 1. The molecule has 0 aliphatic heterocycles. The lowest BCUT2D eigenvalue weighted by Gasteiger charge is -2.11. The maximum Gasteiger partial charge on any atom is 0.230 e. The summed E-state index contributed by atoms with van der Waals surface area (Å²) in [5.41, 5.74) is 1.22. The minimum absolute atomic E-state index is 0.0953. The van der Waals surface area contributed by atoms with E-state index in [0.717, 1.165) is 24.4 Å². The van der Waals surface area contributed by atoms with Crippen LogP contribution in [0, 0.1) is 0 Å². The molecule has 1 unspecified atom stereocenters. The first-order chi connectivity index (χ1) is 10.2. The molecule has 0 saturated heterocycles. The van der Waals surface area contributed by atoms with Crippen LogP contribution in [0.15, 0.2) is 29.2 Å². The van der Waals surface area contributed by atoms with Gasteiger partial charge in [-0.2, -0.15) is 0 Å². The number of methoxy groups -OCH3 is 1. The van der Waals surface area contributed by atoms with E-state index in [2.05, 4.69) is 29.7 Å². The minimum Gasteiger partial charge on any atom is -0.383 e. The topological polar surface area (TPSA) is 50.4 Å². The summed E-state index contributed by atoms with van der Waals surface area (Å²) in [6, 6.07) is 8.53. The summed E-state index contributed by atoms with van der Waals surface area (Å²) in [4.78, 5) is 12.9. The Labute approximate surface area is 132 Å². The molecule has 0 radical (unpaired) electrons. The van der Waals surface area contributed by atoms with Crippen molar-refractivity contribution in [2.24, 2.45) is 0 Å². The van der Waals surface area contributed by atoms with Crippen molar-refractivity contribution in [2.75, 3.05) is 26.0 Å². The minimum atomic E-state index is 0.0953. The fourth-order valence-electron chi connectivity index (χ4n) is 1.72. The zero-order valence-corrected chi connectivity index (χ0v) is 14.0. The summed E-state index contributed by atoms with van der Waals surface area (Å²) in [5.74, 6) is 0.559. The molecule has 0 bridgehead atoms. The van der Waals surface area contributed by atoms with Crippen LogP contribution in [0.4, 0.5) is 0 Å². The molecule has 0 aliphatic rings. The zero-order valence-electron chi connectivity index (χ0n) is 13.1. The van der Waals surface area contributed by atoms with Crippen LogP contribution in [0.3, 0.4) is 0 Å². The second-order valence-corrected chi connectivity index (χ2v) is 6.03. The van der Waals surface area contributed by atoms with Crippen molar-refractivity contribution in [1.82, 2.24) is 10.6 Å². The molecule has 1 aromatic rings. The third kappa shape index (κ3) is 8.09. The lowest BCUT2D eigenvalue weighted by Crippen LogP contribution is -2.33. The van der Waals surface area contributed by atoms with Gasteiger partial charge in [-0.15, -0.1) is 11.8 Å². The Kier molecular flexibility index (Phi) is 9.14. The van der Waals surface area contributed by atoms with Crippen molar-refractivity contribution in [2.45, 2.75) is 37.8 Å². The van der Waals surface area contributed by atoms with Gasteiger partial charge in [0.05, 0.1) is 12.4 Å². The van der Waals surface area contributed by atoms with Crippen LogP contribution in [0.1, 0.15) is 25.8 Å². The number of hydrogen-bond donors (Lipinski definition) is 2.